The predicted molar refractivity (Wildman–Crippen MR) is 86.0 cm³/mol. The topological polar surface area (TPSA) is 55.1 Å². The number of amides is 1. The molecule has 1 atom stereocenters. The first-order valence-electron chi connectivity index (χ1n) is 7.31. The Hall–Kier alpha value is -2.13. The third-order valence-corrected chi connectivity index (χ3v) is 3.57. The minimum absolute atomic E-state index is 0.381. The third-order valence-electron chi connectivity index (χ3n) is 3.57. The molecule has 21 heavy (non-hydrogen) atoms. The zero-order chi connectivity index (χ0) is 15.1. The maximum Gasteiger partial charge on any atom is 0.248 e. The molecule has 3 heteroatoms. The highest BCUT2D eigenvalue weighted by Gasteiger charge is 2.04. The monoisotopic (exact) mass is 282 g/mol. The van der Waals surface area contributed by atoms with Crippen molar-refractivity contribution in [2.45, 2.75) is 32.4 Å². The van der Waals surface area contributed by atoms with Gasteiger partial charge in [-0.05, 0) is 43.0 Å². The molecule has 0 saturated carbocycles. The summed E-state index contributed by atoms with van der Waals surface area (Å²) in [4.78, 5) is 11.2. The molecule has 1 amide bonds. The summed E-state index contributed by atoms with van der Waals surface area (Å²) in [6, 6.07) is 18.4. The van der Waals surface area contributed by atoms with E-state index >= 15 is 0 Å². The van der Waals surface area contributed by atoms with Crippen molar-refractivity contribution < 1.29 is 4.79 Å². The average molecular weight is 282 g/mol. The van der Waals surface area contributed by atoms with Crippen LogP contribution in [0.1, 0.15) is 34.8 Å². The van der Waals surface area contributed by atoms with Gasteiger partial charge >= 0.3 is 0 Å². The van der Waals surface area contributed by atoms with Crippen molar-refractivity contribution in [3.8, 4) is 0 Å². The Balaban J connectivity index is 1.80. The fourth-order valence-corrected chi connectivity index (χ4v) is 2.26. The van der Waals surface area contributed by atoms with E-state index in [2.05, 4.69) is 36.5 Å². The molecule has 0 aliphatic rings. The number of hydrogen-bond donors (Lipinski definition) is 2. The first kappa shape index (κ1) is 15.3. The number of benzene rings is 2. The normalized spacial score (nSPS) is 12.0. The van der Waals surface area contributed by atoms with E-state index in [1.165, 1.54) is 5.56 Å². The quantitative estimate of drug-likeness (QED) is 0.820. The fraction of sp³-hybridized carbons (Fsp3) is 0.278. The second-order valence-electron chi connectivity index (χ2n) is 5.37. The summed E-state index contributed by atoms with van der Waals surface area (Å²) in [6.07, 6.45) is 2.15. The Morgan fingerprint density at radius 1 is 1.10 bits per heavy atom. The molecule has 2 aromatic rings. The number of aryl methyl sites for hydroxylation is 1. The van der Waals surface area contributed by atoms with Crippen LogP contribution in [0.3, 0.4) is 0 Å². The van der Waals surface area contributed by atoms with Gasteiger partial charge in [0.25, 0.3) is 0 Å². The van der Waals surface area contributed by atoms with Gasteiger partial charge in [-0.3, -0.25) is 4.79 Å². The molecule has 0 aromatic heterocycles. The molecule has 0 heterocycles. The predicted octanol–water partition coefficient (Wildman–Crippen LogP) is 2.90. The van der Waals surface area contributed by atoms with E-state index in [0.29, 0.717) is 11.6 Å². The minimum atomic E-state index is -0.381. The van der Waals surface area contributed by atoms with E-state index in [0.717, 1.165) is 24.9 Å². The second kappa shape index (κ2) is 7.60. The number of nitrogens with one attached hydrogen (secondary N) is 1. The Kier molecular flexibility index (Phi) is 5.52. The van der Waals surface area contributed by atoms with Gasteiger partial charge < -0.3 is 11.1 Å². The Bertz CT molecular complexity index is 581. The molecule has 1 unspecified atom stereocenters. The molecule has 0 bridgehead atoms. The molecule has 0 spiro atoms. The van der Waals surface area contributed by atoms with Crippen molar-refractivity contribution in [3.05, 3.63) is 71.3 Å². The Morgan fingerprint density at radius 2 is 1.81 bits per heavy atom. The van der Waals surface area contributed by atoms with Gasteiger partial charge in [0, 0.05) is 18.2 Å². The van der Waals surface area contributed by atoms with E-state index in [9.17, 15) is 4.79 Å². The van der Waals surface area contributed by atoms with E-state index in [1.807, 2.05) is 24.3 Å². The Labute approximate surface area is 126 Å². The molecule has 3 N–H and O–H groups in total. The lowest BCUT2D eigenvalue weighted by Gasteiger charge is -2.14. The van der Waals surface area contributed by atoms with Gasteiger partial charge in [-0.25, -0.2) is 0 Å². The van der Waals surface area contributed by atoms with E-state index in [1.54, 1.807) is 6.07 Å². The number of carbonyl (C=O) groups excluding carboxylic acids is 1. The van der Waals surface area contributed by atoms with Gasteiger partial charge in [0.1, 0.15) is 0 Å². The van der Waals surface area contributed by atoms with Crippen LogP contribution in [0.4, 0.5) is 0 Å². The van der Waals surface area contributed by atoms with E-state index < -0.39 is 0 Å². The zero-order valence-electron chi connectivity index (χ0n) is 12.4. The second-order valence-corrected chi connectivity index (χ2v) is 5.37. The summed E-state index contributed by atoms with van der Waals surface area (Å²) in [5.41, 5.74) is 8.30. The zero-order valence-corrected chi connectivity index (χ0v) is 12.4. The molecule has 0 aliphatic carbocycles. The van der Waals surface area contributed by atoms with E-state index in [4.69, 9.17) is 5.73 Å². The van der Waals surface area contributed by atoms with Crippen LogP contribution < -0.4 is 11.1 Å². The molecule has 2 aromatic carbocycles. The van der Waals surface area contributed by atoms with Gasteiger partial charge in [0.2, 0.25) is 5.91 Å². The molecule has 0 radical (unpaired) electrons. The highest BCUT2D eigenvalue weighted by molar-refractivity contribution is 5.92. The van der Waals surface area contributed by atoms with E-state index in [-0.39, 0.29) is 5.91 Å². The first-order chi connectivity index (χ1) is 10.1. The summed E-state index contributed by atoms with van der Waals surface area (Å²) in [7, 11) is 0. The molecule has 3 nitrogen and oxygen atoms in total. The number of primary amides is 1. The van der Waals surface area contributed by atoms with Gasteiger partial charge in [-0.15, -0.1) is 0 Å². The molecular formula is C18H22N2O. The van der Waals surface area contributed by atoms with Gasteiger partial charge in [0.05, 0.1) is 0 Å². The summed E-state index contributed by atoms with van der Waals surface area (Å²) < 4.78 is 0. The van der Waals surface area contributed by atoms with Gasteiger partial charge in [-0.1, -0.05) is 42.5 Å². The lowest BCUT2D eigenvalue weighted by atomic mass is 10.1. The standard InChI is InChI=1S/C18H22N2O/c1-14(10-11-15-6-3-2-4-7-15)20-13-16-8-5-9-17(12-16)18(19)21/h2-9,12,14,20H,10-11,13H2,1H3,(H2,19,21). The minimum Gasteiger partial charge on any atom is -0.366 e. The lowest BCUT2D eigenvalue weighted by molar-refractivity contribution is 0.1000. The smallest absolute Gasteiger partial charge is 0.248 e. The van der Waals surface area contributed by atoms with Crippen molar-refractivity contribution >= 4 is 5.91 Å². The summed E-state index contributed by atoms with van der Waals surface area (Å²) in [5, 5.41) is 3.48. The molecule has 0 saturated heterocycles. The first-order valence-corrected chi connectivity index (χ1v) is 7.31. The van der Waals surface area contributed by atoms with Crippen LogP contribution in [0.5, 0.6) is 0 Å². The average Bonchev–Trinajstić information content (AvgIpc) is 2.52. The number of rotatable bonds is 7. The van der Waals surface area contributed by atoms with Crippen LogP contribution in [-0.4, -0.2) is 11.9 Å². The van der Waals surface area contributed by atoms with Crippen LogP contribution >= 0.6 is 0 Å². The Morgan fingerprint density at radius 3 is 2.52 bits per heavy atom. The van der Waals surface area contributed by atoms with Crippen molar-refractivity contribution in [1.29, 1.82) is 0 Å². The summed E-state index contributed by atoms with van der Waals surface area (Å²) in [5.74, 6) is -0.381. The van der Waals surface area contributed by atoms with Gasteiger partial charge in [-0.2, -0.15) is 0 Å². The van der Waals surface area contributed by atoms with Crippen molar-refractivity contribution in [2.24, 2.45) is 5.73 Å². The van der Waals surface area contributed by atoms with Gasteiger partial charge in [0.15, 0.2) is 0 Å². The van der Waals surface area contributed by atoms with Crippen molar-refractivity contribution in [2.75, 3.05) is 0 Å². The van der Waals surface area contributed by atoms with Crippen LogP contribution in [-0.2, 0) is 13.0 Å². The van der Waals surface area contributed by atoms with Crippen molar-refractivity contribution in [3.63, 3.8) is 0 Å². The molecule has 0 aliphatic heterocycles. The highest BCUT2D eigenvalue weighted by atomic mass is 16.1. The molecule has 110 valence electrons. The SMILES string of the molecule is CC(CCc1ccccc1)NCc1cccc(C(N)=O)c1. The molecule has 0 fully saturated rings. The molecule has 2 rings (SSSR count). The largest absolute Gasteiger partial charge is 0.366 e. The van der Waals surface area contributed by atoms with Crippen molar-refractivity contribution in [1.82, 2.24) is 5.32 Å². The summed E-state index contributed by atoms with van der Waals surface area (Å²) in [6.45, 7) is 2.93. The number of hydrogen-bond acceptors (Lipinski definition) is 2. The third kappa shape index (κ3) is 5.04. The number of nitrogens with two attached hydrogens (primary N) is 1. The van der Waals surface area contributed by atoms with Crippen LogP contribution in [0.25, 0.3) is 0 Å². The van der Waals surface area contributed by atoms with Crippen LogP contribution in [0, 0.1) is 0 Å². The molecular weight excluding hydrogens is 260 g/mol. The highest BCUT2D eigenvalue weighted by Crippen LogP contribution is 2.07. The fourth-order valence-electron chi connectivity index (χ4n) is 2.26. The van der Waals surface area contributed by atoms with Crippen LogP contribution in [0.15, 0.2) is 54.6 Å². The maximum atomic E-state index is 11.2. The maximum absolute atomic E-state index is 11.2. The van der Waals surface area contributed by atoms with Crippen LogP contribution in [0.2, 0.25) is 0 Å². The summed E-state index contributed by atoms with van der Waals surface area (Å²) >= 11 is 0. The number of carbonyl (C=O) groups is 1. The lowest BCUT2D eigenvalue weighted by Crippen LogP contribution is -2.26.